The van der Waals surface area contributed by atoms with Gasteiger partial charge >= 0.3 is 0 Å². The van der Waals surface area contributed by atoms with E-state index in [4.69, 9.17) is 33.2 Å². The van der Waals surface area contributed by atoms with E-state index in [0.29, 0.717) is 0 Å². The standard InChI is InChI=1S/C12H10.3H2N3/c1-3-7-11(8-4-1)12-9-5-2-6-10-12;3*1-3-2/h1-10H;3*1-2H/q;3*+1. The molecule has 106 valence electrons. The summed E-state index contributed by atoms with van der Waals surface area (Å²) >= 11 is 0. The van der Waals surface area contributed by atoms with Crippen molar-refractivity contribution in [3.63, 3.8) is 0 Å². The molecule has 2 aromatic rings. The van der Waals surface area contributed by atoms with Gasteiger partial charge in [-0.2, -0.15) is 0 Å². The maximum atomic E-state index is 5.50. The number of rotatable bonds is 1. The Labute approximate surface area is 120 Å². The molecular formula is C12H16N9+3. The fourth-order valence-corrected chi connectivity index (χ4v) is 1.26. The fourth-order valence-electron chi connectivity index (χ4n) is 1.26. The first-order valence-corrected chi connectivity index (χ1v) is 5.41. The van der Waals surface area contributed by atoms with Crippen LogP contribution >= 0.6 is 0 Å². The summed E-state index contributed by atoms with van der Waals surface area (Å²) in [5.74, 6) is 0. The van der Waals surface area contributed by atoms with Crippen LogP contribution in [0.3, 0.4) is 0 Å². The van der Waals surface area contributed by atoms with Crippen LogP contribution in [0.1, 0.15) is 0 Å². The summed E-state index contributed by atoms with van der Waals surface area (Å²) in [5.41, 5.74) is 35.6. The van der Waals surface area contributed by atoms with Crippen LogP contribution in [0.15, 0.2) is 60.7 Å². The molecule has 9 nitrogen and oxygen atoms in total. The predicted molar refractivity (Wildman–Crippen MR) is 74.6 cm³/mol. The molecule has 2 rings (SSSR count). The van der Waals surface area contributed by atoms with E-state index in [1.54, 1.807) is 0 Å². The summed E-state index contributed by atoms with van der Waals surface area (Å²) in [6.45, 7) is 0. The van der Waals surface area contributed by atoms with Gasteiger partial charge in [0.1, 0.15) is 33.2 Å². The van der Waals surface area contributed by atoms with E-state index >= 15 is 0 Å². The van der Waals surface area contributed by atoms with Crippen LogP contribution in [0.25, 0.3) is 11.1 Å². The van der Waals surface area contributed by atoms with Crippen LogP contribution in [0, 0.1) is 33.2 Å². The number of hydrogen-bond donors (Lipinski definition) is 6. The molecule has 0 amide bonds. The quantitative estimate of drug-likeness (QED) is 0.330. The van der Waals surface area contributed by atoms with E-state index in [-0.39, 0.29) is 0 Å². The maximum absolute atomic E-state index is 5.50. The average molecular weight is 286 g/mol. The Bertz CT molecular complexity index is 511. The zero-order valence-corrected chi connectivity index (χ0v) is 11.1. The van der Waals surface area contributed by atoms with Gasteiger partial charge in [0.15, 0.2) is 0 Å². The Hall–Kier alpha value is -3.63. The highest BCUT2D eigenvalue weighted by molar-refractivity contribution is 5.62. The lowest BCUT2D eigenvalue weighted by molar-refractivity contribution is 0.928. The maximum Gasteiger partial charge on any atom is 0.211 e. The Morgan fingerprint density at radius 3 is 0.810 bits per heavy atom. The average Bonchev–Trinajstić information content (AvgIpc) is 2.51. The van der Waals surface area contributed by atoms with Crippen LogP contribution < -0.4 is 14.7 Å². The SMILES string of the molecule is N=[N+]=N.N=[N+]=N.N=[N+]=N.c1ccc(-c2ccccc2)cc1. The van der Waals surface area contributed by atoms with E-state index < -0.39 is 0 Å². The first-order valence-electron chi connectivity index (χ1n) is 5.41. The topological polar surface area (TPSA) is 185 Å². The largest absolute Gasteiger partial charge is 0.211 e. The van der Waals surface area contributed by atoms with Gasteiger partial charge in [-0.05, 0) is 11.1 Å². The van der Waals surface area contributed by atoms with Gasteiger partial charge in [-0.25, -0.2) is 0 Å². The third-order valence-corrected chi connectivity index (χ3v) is 1.88. The highest BCUT2D eigenvalue weighted by atomic mass is 15.0. The Kier molecular flexibility index (Phi) is 15.4. The molecule has 0 aliphatic rings. The second kappa shape index (κ2) is 16.4. The molecule has 9 heteroatoms. The zero-order chi connectivity index (χ0) is 16.3. The van der Waals surface area contributed by atoms with Crippen LogP contribution in [0.5, 0.6) is 0 Å². The molecule has 0 bridgehead atoms. The number of benzene rings is 2. The molecule has 0 radical (unpaired) electrons. The molecule has 0 fully saturated rings. The highest BCUT2D eigenvalue weighted by Gasteiger charge is 1.91. The smallest absolute Gasteiger partial charge is 0.0622 e. The first-order chi connectivity index (χ1) is 10.2. The van der Waals surface area contributed by atoms with Crippen LogP contribution in [0.4, 0.5) is 0 Å². The van der Waals surface area contributed by atoms with E-state index in [9.17, 15) is 0 Å². The number of nitrogens with one attached hydrogen (secondary N) is 6. The van der Waals surface area contributed by atoms with Gasteiger partial charge in [0, 0.05) is 0 Å². The van der Waals surface area contributed by atoms with E-state index in [1.165, 1.54) is 11.1 Å². The molecule has 21 heavy (non-hydrogen) atoms. The van der Waals surface area contributed by atoms with Crippen molar-refractivity contribution < 1.29 is 0 Å². The lowest BCUT2D eigenvalue weighted by Gasteiger charge is -1.98. The summed E-state index contributed by atoms with van der Waals surface area (Å²) < 4.78 is 0. The molecule has 0 aliphatic heterocycles. The molecule has 0 heterocycles. The van der Waals surface area contributed by atoms with Gasteiger partial charge in [0.2, 0.25) is 14.7 Å². The van der Waals surface area contributed by atoms with Crippen LogP contribution in [-0.4, -0.2) is 0 Å². The third kappa shape index (κ3) is 12.6. The molecule has 2 aromatic carbocycles. The molecule has 0 atom stereocenters. The highest BCUT2D eigenvalue weighted by Crippen LogP contribution is 2.17. The summed E-state index contributed by atoms with van der Waals surface area (Å²) in [5, 5.41) is 0. The Morgan fingerprint density at radius 1 is 0.429 bits per heavy atom. The molecule has 6 N–H and O–H groups in total. The Balaban J connectivity index is 0. The van der Waals surface area contributed by atoms with Crippen molar-refractivity contribution in [2.45, 2.75) is 0 Å². The van der Waals surface area contributed by atoms with Gasteiger partial charge in [-0.3, -0.25) is 0 Å². The van der Waals surface area contributed by atoms with Crippen molar-refractivity contribution in [3.05, 3.63) is 60.7 Å². The third-order valence-electron chi connectivity index (χ3n) is 1.88. The molecule has 0 aliphatic carbocycles. The van der Waals surface area contributed by atoms with Crippen LogP contribution in [-0.2, 0) is 0 Å². The van der Waals surface area contributed by atoms with Crippen molar-refractivity contribution in [2.24, 2.45) is 0 Å². The second-order valence-electron chi connectivity index (χ2n) is 3.07. The van der Waals surface area contributed by atoms with Crippen molar-refractivity contribution >= 4 is 0 Å². The summed E-state index contributed by atoms with van der Waals surface area (Å²) in [6, 6.07) is 20.8. The summed E-state index contributed by atoms with van der Waals surface area (Å²) in [7, 11) is 0. The number of nitrogens with zero attached hydrogens (tertiary/aromatic N) is 3. The van der Waals surface area contributed by atoms with Gasteiger partial charge in [-0.15, -0.1) is 0 Å². The van der Waals surface area contributed by atoms with Gasteiger partial charge in [0.05, 0.1) is 0 Å². The van der Waals surface area contributed by atoms with Gasteiger partial charge in [-0.1, -0.05) is 60.7 Å². The van der Waals surface area contributed by atoms with Gasteiger partial charge in [0.25, 0.3) is 0 Å². The minimum absolute atomic E-state index is 1.28. The molecule has 0 saturated heterocycles. The first kappa shape index (κ1) is 19.7. The van der Waals surface area contributed by atoms with Crippen LogP contribution in [0.2, 0.25) is 0 Å². The predicted octanol–water partition coefficient (Wildman–Crippen LogP) is 3.70. The van der Waals surface area contributed by atoms with E-state index in [1.807, 2.05) is 26.9 Å². The summed E-state index contributed by atoms with van der Waals surface area (Å²) in [4.78, 5) is 6.00. The van der Waals surface area contributed by atoms with Crippen molar-refractivity contribution in [1.29, 1.82) is 33.2 Å². The minimum Gasteiger partial charge on any atom is -0.0622 e. The number of hydrogen-bond acceptors (Lipinski definition) is 6. The molecule has 0 spiro atoms. The van der Waals surface area contributed by atoms with Crippen molar-refractivity contribution in [2.75, 3.05) is 0 Å². The van der Waals surface area contributed by atoms with E-state index in [0.717, 1.165) is 0 Å². The van der Waals surface area contributed by atoms with Crippen molar-refractivity contribution in [1.82, 2.24) is 14.7 Å². The Morgan fingerprint density at radius 2 is 0.619 bits per heavy atom. The fraction of sp³-hybridized carbons (Fsp3) is 0. The van der Waals surface area contributed by atoms with Crippen molar-refractivity contribution in [3.8, 4) is 11.1 Å². The molecule has 0 unspecified atom stereocenters. The van der Waals surface area contributed by atoms with Gasteiger partial charge < -0.3 is 0 Å². The molecule has 0 saturated carbocycles. The zero-order valence-electron chi connectivity index (χ0n) is 11.1. The summed E-state index contributed by atoms with van der Waals surface area (Å²) in [6.07, 6.45) is 0. The normalized spacial score (nSPS) is 6.67. The monoisotopic (exact) mass is 286 g/mol. The molecular weight excluding hydrogens is 270 g/mol. The minimum atomic E-state index is 1.28. The second-order valence-corrected chi connectivity index (χ2v) is 3.07. The molecule has 0 aromatic heterocycles. The lowest BCUT2D eigenvalue weighted by atomic mass is 10.1. The lowest BCUT2D eigenvalue weighted by Crippen LogP contribution is -1.73. The van der Waals surface area contributed by atoms with E-state index in [2.05, 4.69) is 48.5 Å².